The lowest BCUT2D eigenvalue weighted by Crippen LogP contribution is -2.13. The fraction of sp³-hybridized carbons (Fsp3) is 0.267. The van der Waals surface area contributed by atoms with Crippen molar-refractivity contribution in [3.05, 3.63) is 65.2 Å². The molecule has 2 rings (SSSR count). The van der Waals surface area contributed by atoms with Gasteiger partial charge < -0.3 is 5.32 Å². The average Bonchev–Trinajstić information content (AvgIpc) is 2.40. The molecule has 1 N–H and O–H groups in total. The second-order valence-electron chi connectivity index (χ2n) is 4.20. The number of benzene rings is 1. The molecule has 0 radical (unpaired) electrons. The Morgan fingerprint density at radius 2 is 2.11 bits per heavy atom. The number of pyridine rings is 1. The lowest BCUT2D eigenvalue weighted by atomic mass is 10.1. The number of rotatable bonds is 5. The summed E-state index contributed by atoms with van der Waals surface area (Å²) in [6.07, 6.45) is 2.51. The smallest absolute Gasteiger partial charge is 0.127 e. The molecule has 0 saturated carbocycles. The molecule has 0 aliphatic rings. The van der Waals surface area contributed by atoms with Gasteiger partial charge in [-0.3, -0.25) is 4.98 Å². The van der Waals surface area contributed by atoms with Crippen LogP contribution in [0.2, 0.25) is 0 Å². The topological polar surface area (TPSA) is 24.9 Å². The van der Waals surface area contributed by atoms with Gasteiger partial charge in [0.15, 0.2) is 0 Å². The summed E-state index contributed by atoms with van der Waals surface area (Å²) in [5.41, 5.74) is 2.80. The number of hydrogen-bond acceptors (Lipinski definition) is 2. The molecule has 0 unspecified atom stereocenters. The van der Waals surface area contributed by atoms with Crippen molar-refractivity contribution in [3.8, 4) is 0 Å². The molecule has 0 fully saturated rings. The van der Waals surface area contributed by atoms with E-state index in [2.05, 4.69) is 10.3 Å². The zero-order chi connectivity index (χ0) is 12.8. The van der Waals surface area contributed by atoms with Crippen molar-refractivity contribution >= 4 is 0 Å². The number of halogens is 1. The minimum Gasteiger partial charge on any atom is -0.313 e. The second-order valence-corrected chi connectivity index (χ2v) is 4.20. The quantitative estimate of drug-likeness (QED) is 0.874. The maximum Gasteiger partial charge on any atom is 0.127 e. The highest BCUT2D eigenvalue weighted by Gasteiger charge is 2.04. The maximum absolute atomic E-state index is 13.6. The maximum atomic E-state index is 13.6. The van der Waals surface area contributed by atoms with Crippen molar-refractivity contribution < 1.29 is 4.39 Å². The molecule has 0 atom stereocenters. The molecule has 1 heterocycles. The monoisotopic (exact) mass is 244 g/mol. The molecular weight excluding hydrogens is 227 g/mol. The van der Waals surface area contributed by atoms with E-state index in [0.717, 1.165) is 24.2 Å². The molecule has 94 valence electrons. The van der Waals surface area contributed by atoms with Crippen LogP contribution in [0.3, 0.4) is 0 Å². The first kappa shape index (κ1) is 12.7. The molecule has 0 aliphatic heterocycles. The van der Waals surface area contributed by atoms with E-state index in [-0.39, 0.29) is 5.82 Å². The van der Waals surface area contributed by atoms with Gasteiger partial charge in [-0.25, -0.2) is 4.39 Å². The van der Waals surface area contributed by atoms with Crippen LogP contribution < -0.4 is 5.32 Å². The first-order valence-corrected chi connectivity index (χ1v) is 6.17. The summed E-state index contributed by atoms with van der Waals surface area (Å²) in [6, 6.07) is 11.1. The second kappa shape index (κ2) is 6.26. The van der Waals surface area contributed by atoms with Gasteiger partial charge in [-0.2, -0.15) is 0 Å². The van der Waals surface area contributed by atoms with Crippen molar-refractivity contribution in [2.45, 2.75) is 19.9 Å². The van der Waals surface area contributed by atoms with Gasteiger partial charge in [0.1, 0.15) is 5.82 Å². The molecule has 18 heavy (non-hydrogen) atoms. The van der Waals surface area contributed by atoms with E-state index in [4.69, 9.17) is 0 Å². The third-order valence-corrected chi connectivity index (χ3v) is 2.79. The molecule has 0 spiro atoms. The normalized spacial score (nSPS) is 10.6. The highest BCUT2D eigenvalue weighted by Crippen LogP contribution is 2.13. The number of hydrogen-bond donors (Lipinski definition) is 1. The van der Waals surface area contributed by atoms with Crippen LogP contribution in [-0.4, -0.2) is 11.5 Å². The summed E-state index contributed by atoms with van der Waals surface area (Å²) in [7, 11) is 0. The van der Waals surface area contributed by atoms with Gasteiger partial charge in [-0.1, -0.05) is 25.1 Å². The SMILES string of the molecule is CCNCc1cc(Cc2ccccn2)ccc1F. The van der Waals surface area contributed by atoms with Crippen molar-refractivity contribution in [3.63, 3.8) is 0 Å². The van der Waals surface area contributed by atoms with Crippen LogP contribution in [0.1, 0.15) is 23.7 Å². The fourth-order valence-corrected chi connectivity index (χ4v) is 1.85. The van der Waals surface area contributed by atoms with Crippen LogP contribution in [0.25, 0.3) is 0 Å². The molecule has 1 aromatic carbocycles. The standard InChI is InChI=1S/C15H17FN2/c1-2-17-11-13-9-12(6-7-15(13)16)10-14-5-3-4-8-18-14/h3-9,17H,2,10-11H2,1H3. The van der Waals surface area contributed by atoms with Gasteiger partial charge >= 0.3 is 0 Å². The molecule has 2 nitrogen and oxygen atoms in total. The Bertz CT molecular complexity index is 497. The van der Waals surface area contributed by atoms with Crippen LogP contribution in [0.15, 0.2) is 42.6 Å². The first-order valence-electron chi connectivity index (χ1n) is 6.17. The van der Waals surface area contributed by atoms with Crippen LogP contribution in [0, 0.1) is 5.82 Å². The van der Waals surface area contributed by atoms with E-state index in [9.17, 15) is 4.39 Å². The van der Waals surface area contributed by atoms with Gasteiger partial charge in [0.2, 0.25) is 0 Å². The number of nitrogens with zero attached hydrogens (tertiary/aromatic N) is 1. The molecule has 0 saturated heterocycles. The van der Waals surface area contributed by atoms with Crippen molar-refractivity contribution in [1.82, 2.24) is 10.3 Å². The van der Waals surface area contributed by atoms with Gasteiger partial charge in [0.25, 0.3) is 0 Å². The summed E-state index contributed by atoms with van der Waals surface area (Å²) in [5.74, 6) is -0.152. The van der Waals surface area contributed by atoms with Gasteiger partial charge in [-0.15, -0.1) is 0 Å². The minimum absolute atomic E-state index is 0.152. The van der Waals surface area contributed by atoms with Crippen LogP contribution in [-0.2, 0) is 13.0 Å². The predicted molar refractivity (Wildman–Crippen MR) is 70.8 cm³/mol. The molecule has 1 aromatic heterocycles. The summed E-state index contributed by atoms with van der Waals surface area (Å²) >= 11 is 0. The average molecular weight is 244 g/mol. The highest BCUT2D eigenvalue weighted by molar-refractivity contribution is 5.28. The Labute approximate surface area is 107 Å². The van der Waals surface area contributed by atoms with Crippen molar-refractivity contribution in [2.24, 2.45) is 0 Å². The molecule has 2 aromatic rings. The van der Waals surface area contributed by atoms with Gasteiger partial charge in [0, 0.05) is 30.4 Å². The Balaban J connectivity index is 2.14. The summed E-state index contributed by atoms with van der Waals surface area (Å²) in [5, 5.41) is 3.14. The number of nitrogens with one attached hydrogen (secondary N) is 1. The van der Waals surface area contributed by atoms with E-state index >= 15 is 0 Å². The highest BCUT2D eigenvalue weighted by atomic mass is 19.1. The zero-order valence-corrected chi connectivity index (χ0v) is 10.5. The molecule has 0 aliphatic carbocycles. The Hall–Kier alpha value is -1.74. The molecular formula is C15H17FN2. The third-order valence-electron chi connectivity index (χ3n) is 2.79. The Morgan fingerprint density at radius 1 is 1.22 bits per heavy atom. The van der Waals surface area contributed by atoms with Gasteiger partial charge in [0.05, 0.1) is 0 Å². The van der Waals surface area contributed by atoms with E-state index in [1.165, 1.54) is 6.07 Å². The number of aromatic nitrogens is 1. The summed E-state index contributed by atoms with van der Waals surface area (Å²) < 4.78 is 13.6. The largest absolute Gasteiger partial charge is 0.313 e. The summed E-state index contributed by atoms with van der Waals surface area (Å²) in [4.78, 5) is 4.28. The van der Waals surface area contributed by atoms with Crippen LogP contribution >= 0.6 is 0 Å². The van der Waals surface area contributed by atoms with E-state index < -0.39 is 0 Å². The first-order chi connectivity index (χ1) is 8.79. The van der Waals surface area contributed by atoms with Crippen LogP contribution in [0.4, 0.5) is 4.39 Å². The zero-order valence-electron chi connectivity index (χ0n) is 10.5. The van der Waals surface area contributed by atoms with Crippen molar-refractivity contribution in [2.75, 3.05) is 6.54 Å². The Kier molecular flexibility index (Phi) is 4.42. The summed E-state index contributed by atoms with van der Waals surface area (Å²) in [6.45, 7) is 3.41. The molecule has 3 heteroatoms. The lowest BCUT2D eigenvalue weighted by Gasteiger charge is -2.07. The minimum atomic E-state index is -0.152. The van der Waals surface area contributed by atoms with E-state index in [1.54, 1.807) is 6.20 Å². The van der Waals surface area contributed by atoms with Crippen LogP contribution in [0.5, 0.6) is 0 Å². The van der Waals surface area contributed by atoms with Gasteiger partial charge in [-0.05, 0) is 30.3 Å². The fourth-order valence-electron chi connectivity index (χ4n) is 1.85. The van der Waals surface area contributed by atoms with E-state index in [0.29, 0.717) is 12.1 Å². The molecule has 0 amide bonds. The predicted octanol–water partition coefficient (Wildman–Crippen LogP) is 2.92. The lowest BCUT2D eigenvalue weighted by molar-refractivity contribution is 0.592. The van der Waals surface area contributed by atoms with E-state index in [1.807, 2.05) is 37.3 Å². The Morgan fingerprint density at radius 3 is 2.83 bits per heavy atom. The molecule has 0 bridgehead atoms. The third kappa shape index (κ3) is 3.37. The van der Waals surface area contributed by atoms with Crippen molar-refractivity contribution in [1.29, 1.82) is 0 Å².